The van der Waals surface area contributed by atoms with Crippen molar-refractivity contribution in [2.24, 2.45) is 0 Å². The van der Waals surface area contributed by atoms with Gasteiger partial charge in [-0.2, -0.15) is 18.2 Å². The van der Waals surface area contributed by atoms with Crippen molar-refractivity contribution in [2.75, 3.05) is 0 Å². The molecule has 0 aliphatic carbocycles. The van der Waals surface area contributed by atoms with Gasteiger partial charge in [-0.1, -0.05) is 265 Å². The number of ether oxygens (including phenoxy) is 1. The number of aromatic nitrogens is 4. The zero-order valence-electron chi connectivity index (χ0n) is 87.6. The molecule has 16 aromatic rings. The van der Waals surface area contributed by atoms with Crippen LogP contribution < -0.4 is 9.30 Å². The predicted octanol–water partition coefficient (Wildman–Crippen LogP) is 23.8. The van der Waals surface area contributed by atoms with Crippen molar-refractivity contribution < 1.29 is 77.0 Å². The summed E-state index contributed by atoms with van der Waals surface area (Å²) < 4.78 is 327. The molecule has 0 saturated heterocycles. The number of rotatable bonds is 13. The smallest absolute Gasteiger partial charge is 0.268 e. The second-order valence-corrected chi connectivity index (χ2v) is 25.0. The second kappa shape index (κ2) is 26.3. The zero-order valence-corrected chi connectivity index (χ0v) is 55.8. The fourth-order valence-electron chi connectivity index (χ4n) is 11.8. The number of fused-ring (bicyclic) bond motifs is 4. The molecule has 0 radical (unpaired) electrons. The van der Waals surface area contributed by atoms with E-state index in [2.05, 4.69) is 18.5 Å². The van der Waals surface area contributed by atoms with Gasteiger partial charge in [-0.25, -0.2) is 4.98 Å². The average Bonchev–Trinajstić information content (AvgIpc) is 1.69. The van der Waals surface area contributed by atoms with Crippen molar-refractivity contribution in [3.8, 4) is 118 Å². The Balaban J connectivity index is 0.0000135. The summed E-state index contributed by atoms with van der Waals surface area (Å²) in [5.74, 6) is 0.0230. The van der Waals surface area contributed by atoms with Gasteiger partial charge < -0.3 is 13.9 Å². The van der Waals surface area contributed by atoms with E-state index in [0.29, 0.717) is 27.4 Å². The summed E-state index contributed by atoms with van der Waals surface area (Å²) in [7, 11) is 0. The van der Waals surface area contributed by atoms with E-state index in [1.165, 1.54) is 27.3 Å². The SMILES string of the molecule is [2H]c1c([2H])c([2H])c(-c2cnc(-n3c4[c-]c(Oc5[c-]c(-n6[c-][n+](-c7c(-c8c([2H])c(-c9c([2H])c([2H])c([2H])c([2H])c9[2H])c([2H])c(-c9c([2H])c([2H])c([2H])c([2H])c9[2H])c8[2H])cc(C(C)(C)C)cc7-c7c([2H])c(-c8c([2H])c([2H])c([2H])c([2H])c8[2H])c([2H])c(-c8c([2H])c([2H])c([2H])c([2H])c8[2H])c7[2H])c7ccc(-c8ccc(C(C)(C)C)cc8)cc76)ccc5)ccc4c4ccccc43)cc2C([2H])([2H])[2H])c([2H])c1[2H].[Pt]. The van der Waals surface area contributed by atoms with Gasteiger partial charge in [0, 0.05) is 54.0 Å². The number of nitrogens with zero attached hydrogens (tertiary/aromatic N) is 4. The maximum absolute atomic E-state index is 10.8. The summed E-state index contributed by atoms with van der Waals surface area (Å²) in [6, 6.07) is 9.87. The average molecular weight is 1490 g/mol. The van der Waals surface area contributed by atoms with Crippen LogP contribution in [0.4, 0.5) is 0 Å². The molecule has 99 heavy (non-hydrogen) atoms. The van der Waals surface area contributed by atoms with Gasteiger partial charge in [0.1, 0.15) is 5.82 Å². The summed E-state index contributed by atoms with van der Waals surface area (Å²) in [5, 5.41) is 1.22. The Bertz CT molecular complexity index is 7200. The van der Waals surface area contributed by atoms with Crippen molar-refractivity contribution in [1.29, 1.82) is 0 Å². The summed E-state index contributed by atoms with van der Waals surface area (Å²) in [6.45, 7) is 8.24. The van der Waals surface area contributed by atoms with E-state index in [1.807, 2.05) is 51.1 Å². The molecular weight excluding hydrogens is 1380 g/mol. The Kier molecular flexibility index (Phi) is 9.53. The predicted molar refractivity (Wildman–Crippen MR) is 406 cm³/mol. The van der Waals surface area contributed by atoms with Crippen LogP contribution in [0.2, 0.25) is 0 Å². The second-order valence-electron chi connectivity index (χ2n) is 25.0. The Morgan fingerprint density at radius 3 is 1.46 bits per heavy atom. The van der Waals surface area contributed by atoms with Crippen LogP contribution >= 0.6 is 0 Å². The van der Waals surface area contributed by atoms with E-state index in [0.717, 1.165) is 11.8 Å². The Morgan fingerprint density at radius 2 is 0.929 bits per heavy atom. The first-order chi connectivity index (χ1) is 61.8. The summed E-state index contributed by atoms with van der Waals surface area (Å²) in [4.78, 5) is 4.71. The number of pyridine rings is 1. The normalized spacial score (nSPS) is 16.7. The fraction of sp³-hybridized carbons (Fsp3) is 0.0968. The third kappa shape index (κ3) is 12.6. The Morgan fingerprint density at radius 1 is 0.424 bits per heavy atom. The zero-order chi connectivity index (χ0) is 96.1. The molecule has 3 heterocycles. The van der Waals surface area contributed by atoms with Gasteiger partial charge >= 0.3 is 0 Å². The molecule has 6 heteroatoms. The van der Waals surface area contributed by atoms with Crippen LogP contribution in [-0.4, -0.2) is 14.1 Å². The number of benzene rings is 13. The number of hydrogen-bond acceptors (Lipinski definition) is 2. The van der Waals surface area contributed by atoms with Crippen LogP contribution in [-0.2, 0) is 31.9 Å². The topological polar surface area (TPSA) is 35.9 Å². The van der Waals surface area contributed by atoms with Gasteiger partial charge in [0.05, 0.1) is 59.2 Å². The van der Waals surface area contributed by atoms with Crippen molar-refractivity contribution in [1.82, 2.24) is 14.1 Å². The van der Waals surface area contributed by atoms with Gasteiger partial charge in [-0.05, 0) is 183 Å². The first kappa shape index (κ1) is 35.8. The molecule has 5 nitrogen and oxygen atoms in total. The largest absolute Gasteiger partial charge is 0.510 e. The number of imidazole rings is 1. The number of aryl methyl sites for hydroxylation is 1. The molecule has 482 valence electrons. The molecule has 13 aromatic carbocycles. The first-order valence-corrected chi connectivity index (χ1v) is 31.0. The van der Waals surface area contributed by atoms with Gasteiger partial charge in [-0.15, -0.1) is 29.7 Å². The molecule has 0 fully saturated rings. The van der Waals surface area contributed by atoms with Crippen molar-refractivity contribution >= 4 is 32.8 Å². The van der Waals surface area contributed by atoms with E-state index in [1.54, 1.807) is 92.1 Å². The summed E-state index contributed by atoms with van der Waals surface area (Å²) in [6.07, 6.45) is 4.59. The minimum absolute atomic E-state index is 0. The molecule has 0 aliphatic heterocycles. The maximum Gasteiger partial charge on any atom is 0.268 e. The van der Waals surface area contributed by atoms with Crippen LogP contribution in [0.25, 0.3) is 139 Å². The van der Waals surface area contributed by atoms with Crippen molar-refractivity contribution in [3.63, 3.8) is 0 Å². The monoisotopic (exact) mass is 1490 g/mol. The van der Waals surface area contributed by atoms with Crippen LogP contribution in [0, 0.1) is 25.3 Å². The summed E-state index contributed by atoms with van der Waals surface area (Å²) >= 11 is 0. The molecule has 0 atom stereocenters. The quantitative estimate of drug-likeness (QED) is 0.0852. The minimum atomic E-state index is -2.96. The van der Waals surface area contributed by atoms with Gasteiger partial charge in [0.2, 0.25) is 0 Å². The molecule has 16 rings (SSSR count). The van der Waals surface area contributed by atoms with E-state index in [9.17, 15) is 19.2 Å². The first-order valence-electron chi connectivity index (χ1n) is 48.0. The van der Waals surface area contributed by atoms with Crippen LogP contribution in [0.5, 0.6) is 11.5 Å². The van der Waals surface area contributed by atoms with Crippen LogP contribution in [0.1, 0.15) is 105 Å². The molecule has 3 aromatic heterocycles. The molecule has 0 saturated carbocycles. The van der Waals surface area contributed by atoms with E-state index in [-0.39, 0.29) is 82.7 Å². The maximum atomic E-state index is 10.8. The molecule has 0 aliphatic rings. The van der Waals surface area contributed by atoms with Crippen molar-refractivity contribution in [3.05, 3.63) is 344 Å². The van der Waals surface area contributed by atoms with Gasteiger partial charge in [-0.3, -0.25) is 4.57 Å². The molecule has 0 N–H and O–H groups in total. The fourth-order valence-corrected chi connectivity index (χ4v) is 11.8. The van der Waals surface area contributed by atoms with Crippen LogP contribution in [0.3, 0.4) is 0 Å². The third-order valence-electron chi connectivity index (χ3n) is 16.6. The van der Waals surface area contributed by atoms with Crippen LogP contribution in [0.15, 0.2) is 309 Å². The molecule has 0 bridgehead atoms. The number of hydrogen-bond donors (Lipinski definition) is 0. The Hall–Kier alpha value is -11.2. The van der Waals surface area contributed by atoms with Gasteiger partial charge in [0.25, 0.3) is 6.33 Å². The van der Waals surface area contributed by atoms with Crippen molar-refractivity contribution in [2.45, 2.75) is 59.2 Å². The molecule has 0 amide bonds. The number of para-hydroxylation sites is 1. The summed E-state index contributed by atoms with van der Waals surface area (Å²) in [5.41, 5.74) is -8.61. The standard InChI is InChI=1S/C93H72N4O.Pt/c1-62-48-90(94-60-85(62)68-34-21-12-22-35-68)97-86-39-24-23-38-81(86)82-46-45-80(59-88(82)97)98-79-37-25-36-78(58-79)95-61-96(87-47-42-69(55-89(87)95)67-40-43-76(44-41-67)92(2,3)4)91-83(74-51-70(63-26-13-8-14-27-63)49-71(52-74)64-28-15-9-16-29-64)56-77(93(5,6)7)57-84(91)75-53-72(65-30-17-10-18-31-65)50-73(54-75)66-32-19-11-20-33-66;/h8-57,60H,1-7H3;/q-2;/i1D3,8D,9D,10D,11D,12D,13D,14D,15D,16D,17D,18D,19D,20D,21D,22D,26D,27D,28D,29D,30D,31D,32D,33D,34D,35D,49D,50D,51D,52D,53D,54D;. The minimum Gasteiger partial charge on any atom is -0.510 e. The molecule has 0 unspecified atom stereocenters. The molecular formula is C93H72N4OPt-2. The molecule has 0 spiro atoms. The van der Waals surface area contributed by atoms with E-state index in [4.69, 9.17) is 37.1 Å². The van der Waals surface area contributed by atoms with E-state index < -0.39 is 278 Å². The van der Waals surface area contributed by atoms with E-state index >= 15 is 0 Å². The Labute approximate surface area is 642 Å². The van der Waals surface area contributed by atoms with Gasteiger partial charge in [0.15, 0.2) is 0 Å². The third-order valence-corrected chi connectivity index (χ3v) is 16.6.